The van der Waals surface area contributed by atoms with Crippen molar-refractivity contribution < 1.29 is 38.1 Å². The smallest absolute Gasteiger partial charge is 0.309 e. The Kier molecular flexibility index (Phi) is 6.69. The van der Waals surface area contributed by atoms with Gasteiger partial charge < -0.3 is 23.7 Å². The van der Waals surface area contributed by atoms with Crippen LogP contribution in [0.25, 0.3) is 0 Å². The zero-order valence-corrected chi connectivity index (χ0v) is 12.7. The molecule has 0 amide bonds. The third kappa shape index (κ3) is 4.76. The number of rotatable bonds is 8. The first kappa shape index (κ1) is 17.9. The highest BCUT2D eigenvalue weighted by Gasteiger charge is 2.51. The second kappa shape index (κ2) is 8.98. The van der Waals surface area contributed by atoms with E-state index in [9.17, 15) is 14.4 Å². The fourth-order valence-corrected chi connectivity index (χ4v) is 2.46. The quantitative estimate of drug-likeness (QED) is 0.183. The summed E-state index contributed by atoms with van der Waals surface area (Å²) in [5.41, 5.74) is 0. The number of nitriles is 1. The molecule has 10 heteroatoms. The van der Waals surface area contributed by atoms with E-state index in [2.05, 4.69) is 9.73 Å². The minimum absolute atomic E-state index is 0.00979. The number of hydrogen-bond acceptors (Lipinski definition) is 10. The zero-order valence-electron chi connectivity index (χ0n) is 12.7. The zero-order chi connectivity index (χ0) is 17.4. The summed E-state index contributed by atoms with van der Waals surface area (Å²) in [6, 6.07) is 0. The SMILES string of the molecule is N#COCCC(=O)O[C@@H]1CO[C@H]2[C@@H]1OC[C@@H]2OC(=O)CCN=C=O. The van der Waals surface area contributed by atoms with Crippen molar-refractivity contribution in [1.29, 1.82) is 5.26 Å². The van der Waals surface area contributed by atoms with E-state index in [0.29, 0.717) is 0 Å². The van der Waals surface area contributed by atoms with Crippen LogP contribution in [0.1, 0.15) is 12.8 Å². The highest BCUT2D eigenvalue weighted by atomic mass is 16.7. The molecule has 0 aromatic carbocycles. The van der Waals surface area contributed by atoms with Crippen LogP contribution in [0.3, 0.4) is 0 Å². The van der Waals surface area contributed by atoms with Gasteiger partial charge >= 0.3 is 11.9 Å². The van der Waals surface area contributed by atoms with Gasteiger partial charge in [0.25, 0.3) is 6.26 Å². The molecule has 0 aromatic rings. The van der Waals surface area contributed by atoms with Gasteiger partial charge in [0, 0.05) is 0 Å². The number of nitrogens with zero attached hydrogens (tertiary/aromatic N) is 2. The first-order valence-electron chi connectivity index (χ1n) is 7.32. The average molecular weight is 340 g/mol. The lowest BCUT2D eigenvalue weighted by Crippen LogP contribution is -2.36. The van der Waals surface area contributed by atoms with Crippen LogP contribution >= 0.6 is 0 Å². The largest absolute Gasteiger partial charge is 0.457 e. The van der Waals surface area contributed by atoms with E-state index in [1.807, 2.05) is 0 Å². The van der Waals surface area contributed by atoms with Gasteiger partial charge in [0.2, 0.25) is 6.08 Å². The molecule has 2 aliphatic heterocycles. The van der Waals surface area contributed by atoms with Gasteiger partial charge in [-0.2, -0.15) is 5.26 Å². The summed E-state index contributed by atoms with van der Waals surface area (Å²) in [6.45, 7) is 0.213. The number of hydrogen-bond donors (Lipinski definition) is 0. The standard InChI is InChI=1S/C14H16N2O8/c15-7-20-4-2-12(19)24-10-6-22-13-9(5-21-14(10)13)23-11(18)1-3-16-8-17/h9-10,13-14H,1-6H2/t9-,10+,13+,14+/m0/s1. The van der Waals surface area contributed by atoms with Crippen LogP contribution in [-0.4, -0.2) is 68.8 Å². The number of carbonyl (C=O) groups is 2. The Morgan fingerprint density at radius 1 is 1.08 bits per heavy atom. The molecular formula is C14H16N2O8. The van der Waals surface area contributed by atoms with Gasteiger partial charge in [-0.1, -0.05) is 0 Å². The minimum atomic E-state index is -0.604. The number of esters is 2. The maximum absolute atomic E-state index is 11.6. The molecule has 0 N–H and O–H groups in total. The lowest BCUT2D eigenvalue weighted by molar-refractivity contribution is -0.155. The van der Waals surface area contributed by atoms with Crippen LogP contribution in [0.15, 0.2) is 4.99 Å². The molecule has 4 atom stereocenters. The van der Waals surface area contributed by atoms with Gasteiger partial charge in [0.05, 0.1) is 32.6 Å². The van der Waals surface area contributed by atoms with Gasteiger partial charge in [-0.15, -0.1) is 0 Å². The van der Waals surface area contributed by atoms with Crippen LogP contribution in [0.4, 0.5) is 0 Å². The van der Waals surface area contributed by atoms with Crippen LogP contribution in [0, 0.1) is 11.5 Å². The average Bonchev–Trinajstić information content (AvgIpc) is 3.12. The summed E-state index contributed by atoms with van der Waals surface area (Å²) in [7, 11) is 0. The fourth-order valence-electron chi connectivity index (χ4n) is 2.46. The molecule has 2 rings (SSSR count). The van der Waals surface area contributed by atoms with Crippen LogP contribution in [0.5, 0.6) is 0 Å². The molecule has 2 aliphatic rings. The van der Waals surface area contributed by atoms with Crippen molar-refractivity contribution in [2.75, 3.05) is 26.4 Å². The molecule has 0 aromatic heterocycles. The Balaban J connectivity index is 1.77. The predicted molar refractivity (Wildman–Crippen MR) is 73.0 cm³/mol. The number of aliphatic imine (C=N–C) groups is 1. The number of fused-ring (bicyclic) bond motifs is 1. The highest BCUT2D eigenvalue weighted by Crippen LogP contribution is 2.30. The summed E-state index contributed by atoms with van der Waals surface area (Å²) in [5, 5.41) is 8.23. The molecule has 0 radical (unpaired) electrons. The van der Waals surface area contributed by atoms with Crippen molar-refractivity contribution in [1.82, 2.24) is 0 Å². The van der Waals surface area contributed by atoms with Crippen molar-refractivity contribution in [3.8, 4) is 6.26 Å². The van der Waals surface area contributed by atoms with Crippen LogP contribution in [0.2, 0.25) is 0 Å². The highest BCUT2D eigenvalue weighted by molar-refractivity contribution is 5.70. The van der Waals surface area contributed by atoms with Gasteiger partial charge in [0.15, 0.2) is 12.2 Å². The van der Waals surface area contributed by atoms with E-state index in [4.69, 9.17) is 24.2 Å². The molecule has 10 nitrogen and oxygen atoms in total. The van der Waals surface area contributed by atoms with Crippen molar-refractivity contribution in [2.24, 2.45) is 4.99 Å². The van der Waals surface area contributed by atoms with Gasteiger partial charge in [-0.25, -0.2) is 9.79 Å². The van der Waals surface area contributed by atoms with E-state index in [0.717, 1.165) is 0 Å². The molecule has 24 heavy (non-hydrogen) atoms. The lowest BCUT2D eigenvalue weighted by Gasteiger charge is -2.17. The minimum Gasteiger partial charge on any atom is -0.457 e. The molecule has 0 saturated carbocycles. The summed E-state index contributed by atoms with van der Waals surface area (Å²) >= 11 is 0. The molecule has 0 spiro atoms. The van der Waals surface area contributed by atoms with E-state index >= 15 is 0 Å². The maximum atomic E-state index is 11.6. The topological polar surface area (TPSA) is 134 Å². The van der Waals surface area contributed by atoms with E-state index in [-0.39, 0.29) is 39.2 Å². The Hall–Kier alpha value is -2.47. The molecule has 2 heterocycles. The van der Waals surface area contributed by atoms with E-state index < -0.39 is 36.4 Å². The number of carbonyl (C=O) groups excluding carboxylic acids is 3. The molecule has 2 saturated heterocycles. The lowest BCUT2D eigenvalue weighted by atomic mass is 10.1. The van der Waals surface area contributed by atoms with Gasteiger partial charge in [-0.05, 0) is 0 Å². The number of ether oxygens (including phenoxy) is 5. The third-order valence-electron chi connectivity index (χ3n) is 3.49. The first-order valence-corrected chi connectivity index (χ1v) is 7.32. The van der Waals surface area contributed by atoms with Crippen LogP contribution in [-0.2, 0) is 38.1 Å². The third-order valence-corrected chi connectivity index (χ3v) is 3.49. The van der Waals surface area contributed by atoms with Crippen molar-refractivity contribution in [3.05, 3.63) is 0 Å². The van der Waals surface area contributed by atoms with Gasteiger partial charge in [0.1, 0.15) is 18.8 Å². The molecule has 130 valence electrons. The molecule has 0 unspecified atom stereocenters. The Morgan fingerprint density at radius 2 is 1.67 bits per heavy atom. The predicted octanol–water partition coefficient (Wildman–Crippen LogP) is -0.779. The maximum Gasteiger partial charge on any atom is 0.309 e. The van der Waals surface area contributed by atoms with Crippen LogP contribution < -0.4 is 0 Å². The van der Waals surface area contributed by atoms with Crippen molar-refractivity contribution >= 4 is 18.0 Å². The Morgan fingerprint density at radius 3 is 2.21 bits per heavy atom. The monoisotopic (exact) mass is 340 g/mol. The van der Waals surface area contributed by atoms with Crippen molar-refractivity contribution in [3.63, 3.8) is 0 Å². The fraction of sp³-hybridized carbons (Fsp3) is 0.714. The Labute approximate surface area is 137 Å². The summed E-state index contributed by atoms with van der Waals surface area (Å²) < 4.78 is 25.9. The summed E-state index contributed by atoms with van der Waals surface area (Å²) in [4.78, 5) is 36.4. The number of isocyanates is 1. The second-order valence-corrected chi connectivity index (χ2v) is 5.07. The van der Waals surface area contributed by atoms with E-state index in [1.54, 1.807) is 0 Å². The van der Waals surface area contributed by atoms with E-state index in [1.165, 1.54) is 12.3 Å². The molecular weight excluding hydrogens is 324 g/mol. The summed E-state index contributed by atoms with van der Waals surface area (Å²) in [6.07, 6.45) is 0.460. The second-order valence-electron chi connectivity index (χ2n) is 5.07. The first-order chi connectivity index (χ1) is 11.7. The normalized spacial score (nSPS) is 27.5. The Bertz CT molecular complexity index is 553. The van der Waals surface area contributed by atoms with Gasteiger partial charge in [-0.3, -0.25) is 9.59 Å². The molecule has 0 bridgehead atoms. The molecule has 2 fully saturated rings. The van der Waals surface area contributed by atoms with Crippen molar-refractivity contribution in [2.45, 2.75) is 37.3 Å². The summed E-state index contributed by atoms with van der Waals surface area (Å²) in [5.74, 6) is -1.06. The molecule has 0 aliphatic carbocycles.